The van der Waals surface area contributed by atoms with Crippen LogP contribution in [0.15, 0.2) is 18.2 Å². The fraction of sp³-hybridized carbons (Fsp3) is 0.182. The van der Waals surface area contributed by atoms with Crippen LogP contribution in [0.2, 0.25) is 0 Å². The van der Waals surface area contributed by atoms with Gasteiger partial charge in [-0.15, -0.1) is 0 Å². The summed E-state index contributed by atoms with van der Waals surface area (Å²) in [6, 6.07) is 6.38. The Bertz CT molecular complexity index is 475. The zero-order chi connectivity index (χ0) is 12.1. The van der Waals surface area contributed by atoms with Gasteiger partial charge < -0.3 is 10.4 Å². The maximum Gasteiger partial charge on any atom is 0.337 e. The van der Waals surface area contributed by atoms with Crippen LogP contribution in [0, 0.1) is 18.3 Å². The summed E-state index contributed by atoms with van der Waals surface area (Å²) in [5.74, 6) is -1.63. The van der Waals surface area contributed by atoms with Gasteiger partial charge in [-0.2, -0.15) is 5.26 Å². The van der Waals surface area contributed by atoms with E-state index in [1.165, 1.54) is 6.07 Å². The third-order valence-electron chi connectivity index (χ3n) is 2.01. The molecule has 0 fully saturated rings. The first kappa shape index (κ1) is 11.7. The highest BCUT2D eigenvalue weighted by atomic mass is 16.4. The molecule has 0 saturated carbocycles. The van der Waals surface area contributed by atoms with E-state index in [-0.39, 0.29) is 17.7 Å². The average molecular weight is 218 g/mol. The number of aromatic carboxylic acids is 1. The molecule has 1 aromatic carbocycles. The van der Waals surface area contributed by atoms with Gasteiger partial charge >= 0.3 is 5.97 Å². The first-order valence-corrected chi connectivity index (χ1v) is 4.56. The van der Waals surface area contributed by atoms with Gasteiger partial charge in [0.15, 0.2) is 0 Å². The van der Waals surface area contributed by atoms with Crippen LogP contribution in [0.3, 0.4) is 0 Å². The fourth-order valence-electron chi connectivity index (χ4n) is 1.27. The molecule has 0 spiro atoms. The Morgan fingerprint density at radius 3 is 2.75 bits per heavy atom. The molecule has 82 valence electrons. The summed E-state index contributed by atoms with van der Waals surface area (Å²) in [5.41, 5.74) is 0.910. The highest BCUT2D eigenvalue weighted by Crippen LogP contribution is 2.20. The smallest absolute Gasteiger partial charge is 0.337 e. The number of hydrogen-bond donors (Lipinski definition) is 2. The van der Waals surface area contributed by atoms with Crippen LogP contribution in [-0.2, 0) is 4.79 Å². The fourth-order valence-corrected chi connectivity index (χ4v) is 1.27. The average Bonchev–Trinajstić information content (AvgIpc) is 2.21. The monoisotopic (exact) mass is 218 g/mol. The van der Waals surface area contributed by atoms with Crippen LogP contribution in [0.4, 0.5) is 5.69 Å². The predicted molar refractivity (Wildman–Crippen MR) is 57.0 cm³/mol. The number of carboxylic acids is 1. The Labute approximate surface area is 92.3 Å². The zero-order valence-corrected chi connectivity index (χ0v) is 8.65. The zero-order valence-electron chi connectivity index (χ0n) is 8.65. The first-order valence-electron chi connectivity index (χ1n) is 4.56. The van der Waals surface area contributed by atoms with Crippen molar-refractivity contribution in [2.45, 2.75) is 13.3 Å². The Hall–Kier alpha value is -2.35. The van der Waals surface area contributed by atoms with Gasteiger partial charge in [0.2, 0.25) is 5.91 Å². The number of para-hydroxylation sites is 1. The molecule has 0 radical (unpaired) electrons. The molecule has 0 saturated heterocycles. The molecular formula is C11H10N2O3. The maximum atomic E-state index is 11.2. The molecule has 1 aromatic rings. The predicted octanol–water partition coefficient (Wildman–Crippen LogP) is 1.55. The van der Waals surface area contributed by atoms with Gasteiger partial charge in [0.05, 0.1) is 17.3 Å². The molecule has 0 atom stereocenters. The van der Waals surface area contributed by atoms with Crippen molar-refractivity contribution in [2.24, 2.45) is 0 Å². The maximum absolute atomic E-state index is 11.2. The van der Waals surface area contributed by atoms with Gasteiger partial charge in [-0.05, 0) is 18.6 Å². The van der Waals surface area contributed by atoms with E-state index >= 15 is 0 Å². The lowest BCUT2D eigenvalue weighted by Gasteiger charge is -2.09. The van der Waals surface area contributed by atoms with Crippen LogP contribution in [0.1, 0.15) is 22.3 Å². The molecule has 2 N–H and O–H groups in total. The lowest BCUT2D eigenvalue weighted by atomic mass is 10.1. The molecule has 0 aliphatic carbocycles. The number of benzene rings is 1. The standard InChI is InChI=1S/C11H10N2O3/c1-7-3-2-4-8(11(15)16)10(7)13-9(14)5-6-12/h2-4H,5H2,1H3,(H,13,14)(H,15,16). The minimum atomic E-state index is -1.11. The molecule has 0 heterocycles. The summed E-state index contributed by atoms with van der Waals surface area (Å²) >= 11 is 0. The number of anilines is 1. The van der Waals surface area contributed by atoms with Crippen molar-refractivity contribution in [2.75, 3.05) is 5.32 Å². The molecule has 0 aliphatic heterocycles. The second-order valence-electron chi connectivity index (χ2n) is 3.19. The molecule has 1 amide bonds. The molecule has 0 bridgehead atoms. The number of amides is 1. The normalized spacial score (nSPS) is 9.25. The Morgan fingerprint density at radius 1 is 1.50 bits per heavy atom. The van der Waals surface area contributed by atoms with Gasteiger partial charge in [-0.3, -0.25) is 4.79 Å². The van der Waals surface area contributed by atoms with E-state index in [2.05, 4.69) is 5.32 Å². The number of nitrogens with zero attached hydrogens (tertiary/aromatic N) is 1. The summed E-state index contributed by atoms with van der Waals surface area (Å²) in [7, 11) is 0. The number of nitrogens with one attached hydrogen (secondary N) is 1. The molecule has 1 rings (SSSR count). The van der Waals surface area contributed by atoms with E-state index in [9.17, 15) is 9.59 Å². The van der Waals surface area contributed by atoms with Gasteiger partial charge in [0, 0.05) is 0 Å². The third kappa shape index (κ3) is 2.58. The van der Waals surface area contributed by atoms with E-state index in [1.54, 1.807) is 25.1 Å². The summed E-state index contributed by atoms with van der Waals surface area (Å²) in [6.45, 7) is 1.69. The van der Waals surface area contributed by atoms with Crippen LogP contribution in [0.25, 0.3) is 0 Å². The molecule has 16 heavy (non-hydrogen) atoms. The number of hydrogen-bond acceptors (Lipinski definition) is 3. The first-order chi connectivity index (χ1) is 7.56. The van der Waals surface area contributed by atoms with Crippen molar-refractivity contribution in [1.29, 1.82) is 5.26 Å². The lowest BCUT2D eigenvalue weighted by Crippen LogP contribution is -2.14. The SMILES string of the molecule is Cc1cccc(C(=O)O)c1NC(=O)CC#N. The topological polar surface area (TPSA) is 90.2 Å². The van der Waals surface area contributed by atoms with Crippen molar-refractivity contribution in [3.63, 3.8) is 0 Å². The van der Waals surface area contributed by atoms with Crippen molar-refractivity contribution >= 4 is 17.6 Å². The number of carbonyl (C=O) groups is 2. The quantitative estimate of drug-likeness (QED) is 0.805. The number of carboxylic acid groups (broad SMARTS) is 1. The van der Waals surface area contributed by atoms with Crippen molar-refractivity contribution in [3.05, 3.63) is 29.3 Å². The van der Waals surface area contributed by atoms with E-state index in [0.717, 1.165) is 0 Å². The molecular weight excluding hydrogens is 208 g/mol. The largest absolute Gasteiger partial charge is 0.478 e. The summed E-state index contributed by atoms with van der Waals surface area (Å²) in [4.78, 5) is 22.1. The van der Waals surface area contributed by atoms with Crippen LogP contribution >= 0.6 is 0 Å². The van der Waals surface area contributed by atoms with Gasteiger partial charge in [0.25, 0.3) is 0 Å². The molecule has 5 nitrogen and oxygen atoms in total. The second-order valence-corrected chi connectivity index (χ2v) is 3.19. The minimum Gasteiger partial charge on any atom is -0.478 e. The third-order valence-corrected chi connectivity index (χ3v) is 2.01. The van der Waals surface area contributed by atoms with Gasteiger partial charge in [-0.25, -0.2) is 4.79 Å². The van der Waals surface area contributed by atoms with Crippen molar-refractivity contribution in [3.8, 4) is 6.07 Å². The van der Waals surface area contributed by atoms with Crippen molar-refractivity contribution in [1.82, 2.24) is 0 Å². The van der Waals surface area contributed by atoms with Gasteiger partial charge in [-0.1, -0.05) is 12.1 Å². The van der Waals surface area contributed by atoms with Crippen LogP contribution in [0.5, 0.6) is 0 Å². The number of aryl methyl sites for hydroxylation is 1. The van der Waals surface area contributed by atoms with Gasteiger partial charge in [0.1, 0.15) is 6.42 Å². The molecule has 5 heteroatoms. The molecule has 0 unspecified atom stereocenters. The highest BCUT2D eigenvalue weighted by molar-refractivity contribution is 6.01. The Morgan fingerprint density at radius 2 is 2.19 bits per heavy atom. The summed E-state index contributed by atoms with van der Waals surface area (Å²) in [6.07, 6.45) is -0.298. The Kier molecular flexibility index (Phi) is 3.62. The minimum absolute atomic E-state index is 0.0197. The lowest BCUT2D eigenvalue weighted by molar-refractivity contribution is -0.115. The molecule has 0 aromatic heterocycles. The summed E-state index contributed by atoms with van der Waals surface area (Å²) in [5, 5.41) is 19.7. The van der Waals surface area contributed by atoms with Crippen LogP contribution < -0.4 is 5.32 Å². The number of carbonyl (C=O) groups excluding carboxylic acids is 1. The van der Waals surface area contributed by atoms with Crippen LogP contribution in [-0.4, -0.2) is 17.0 Å². The van der Waals surface area contributed by atoms with E-state index in [0.29, 0.717) is 5.56 Å². The van der Waals surface area contributed by atoms with Crippen molar-refractivity contribution < 1.29 is 14.7 Å². The number of rotatable bonds is 3. The second kappa shape index (κ2) is 4.94. The van der Waals surface area contributed by atoms with E-state index < -0.39 is 11.9 Å². The molecule has 0 aliphatic rings. The highest BCUT2D eigenvalue weighted by Gasteiger charge is 2.13. The van der Waals surface area contributed by atoms with E-state index in [1.807, 2.05) is 0 Å². The summed E-state index contributed by atoms with van der Waals surface area (Å²) < 4.78 is 0. The number of nitriles is 1. The Balaban J connectivity index is 3.07. The van der Waals surface area contributed by atoms with E-state index in [4.69, 9.17) is 10.4 Å².